The Labute approximate surface area is 108 Å². The Balaban J connectivity index is 1.77. The Bertz CT molecular complexity index is 549. The van der Waals surface area contributed by atoms with Gasteiger partial charge in [-0.05, 0) is 30.4 Å². The number of Topliss-reactive ketones (excluding diaryl/α,β-unsaturated/α-hetero) is 1. The molecule has 1 heterocycles. The summed E-state index contributed by atoms with van der Waals surface area (Å²) in [5.41, 5.74) is 1.17. The zero-order chi connectivity index (χ0) is 12.4. The average molecular weight is 241 g/mol. The zero-order valence-corrected chi connectivity index (χ0v) is 10.6. The second-order valence-corrected chi connectivity index (χ2v) is 5.30. The first-order valence-corrected chi connectivity index (χ1v) is 6.91. The second-order valence-electron chi connectivity index (χ2n) is 5.30. The third-order valence-electron chi connectivity index (χ3n) is 4.07. The van der Waals surface area contributed by atoms with Crippen LogP contribution in [0, 0.1) is 5.92 Å². The van der Waals surface area contributed by atoms with Crippen LogP contribution in [0.1, 0.15) is 32.1 Å². The van der Waals surface area contributed by atoms with Crippen LogP contribution in [0.3, 0.4) is 0 Å². The molecule has 2 heteroatoms. The van der Waals surface area contributed by atoms with Gasteiger partial charge < -0.3 is 4.57 Å². The maximum absolute atomic E-state index is 12.3. The highest BCUT2D eigenvalue weighted by atomic mass is 16.1. The molecule has 94 valence electrons. The lowest BCUT2D eigenvalue weighted by Gasteiger charge is -2.20. The van der Waals surface area contributed by atoms with E-state index in [1.807, 2.05) is 18.3 Å². The molecule has 0 amide bonds. The minimum atomic E-state index is 0.305. The predicted molar refractivity (Wildman–Crippen MR) is 73.5 cm³/mol. The molecule has 0 atom stereocenters. The Morgan fingerprint density at radius 1 is 1.11 bits per heavy atom. The summed E-state index contributed by atoms with van der Waals surface area (Å²) in [6.45, 7) is 0.540. The van der Waals surface area contributed by atoms with E-state index in [0.29, 0.717) is 18.2 Å². The van der Waals surface area contributed by atoms with Crippen LogP contribution in [-0.2, 0) is 11.3 Å². The van der Waals surface area contributed by atoms with Crippen LogP contribution in [-0.4, -0.2) is 10.4 Å². The van der Waals surface area contributed by atoms with E-state index in [4.69, 9.17) is 0 Å². The highest BCUT2D eigenvalue weighted by molar-refractivity contribution is 5.85. The van der Waals surface area contributed by atoms with E-state index in [1.165, 1.54) is 30.2 Å². The molecule has 0 spiro atoms. The highest BCUT2D eigenvalue weighted by Crippen LogP contribution is 2.25. The third-order valence-corrected chi connectivity index (χ3v) is 4.07. The Morgan fingerprint density at radius 3 is 2.72 bits per heavy atom. The first kappa shape index (κ1) is 11.5. The maximum atomic E-state index is 12.3. The molecule has 1 aromatic heterocycles. The fourth-order valence-electron chi connectivity index (χ4n) is 3.00. The number of para-hydroxylation sites is 1. The standard InChI is InChI=1S/C16H19NO/c18-16(14-7-2-1-3-8-14)12-17-11-10-13-6-4-5-9-15(13)17/h4-6,9-11,14H,1-3,7-8,12H2. The monoisotopic (exact) mass is 241 g/mol. The number of benzene rings is 1. The first-order chi connectivity index (χ1) is 8.84. The van der Waals surface area contributed by atoms with Gasteiger partial charge in [-0.25, -0.2) is 0 Å². The van der Waals surface area contributed by atoms with Gasteiger partial charge in [-0.3, -0.25) is 4.79 Å². The van der Waals surface area contributed by atoms with Crippen molar-refractivity contribution in [3.05, 3.63) is 36.5 Å². The molecule has 1 aromatic carbocycles. The summed E-state index contributed by atoms with van der Waals surface area (Å²) in [5.74, 6) is 0.718. The quantitative estimate of drug-likeness (QED) is 0.801. The van der Waals surface area contributed by atoms with Gasteiger partial charge in [0.15, 0.2) is 5.78 Å². The first-order valence-electron chi connectivity index (χ1n) is 6.91. The molecule has 1 aliphatic carbocycles. The van der Waals surface area contributed by atoms with Gasteiger partial charge in [0, 0.05) is 17.6 Å². The summed E-state index contributed by atoms with van der Waals surface area (Å²) in [5, 5.41) is 1.22. The average Bonchev–Trinajstić information content (AvgIpc) is 2.83. The van der Waals surface area contributed by atoms with Crippen molar-refractivity contribution in [2.75, 3.05) is 0 Å². The molecule has 1 aliphatic rings. The molecule has 0 aliphatic heterocycles. The fourth-order valence-corrected chi connectivity index (χ4v) is 3.00. The predicted octanol–water partition coefficient (Wildman–Crippen LogP) is 3.79. The second kappa shape index (κ2) is 4.97. The summed E-state index contributed by atoms with van der Waals surface area (Å²) in [6, 6.07) is 10.3. The summed E-state index contributed by atoms with van der Waals surface area (Å²) in [6.07, 6.45) is 7.98. The summed E-state index contributed by atoms with van der Waals surface area (Å²) < 4.78 is 2.09. The van der Waals surface area contributed by atoms with Crippen molar-refractivity contribution >= 4 is 16.7 Å². The molecular formula is C16H19NO. The largest absolute Gasteiger partial charge is 0.340 e. The van der Waals surface area contributed by atoms with Crippen molar-refractivity contribution in [3.63, 3.8) is 0 Å². The Kier molecular flexibility index (Phi) is 3.18. The number of nitrogens with zero attached hydrogens (tertiary/aromatic N) is 1. The molecule has 0 N–H and O–H groups in total. The van der Waals surface area contributed by atoms with Gasteiger partial charge >= 0.3 is 0 Å². The number of fused-ring (bicyclic) bond motifs is 1. The third kappa shape index (κ3) is 2.20. The SMILES string of the molecule is O=C(Cn1ccc2ccccc21)C1CCCCC1. The van der Waals surface area contributed by atoms with E-state index < -0.39 is 0 Å². The Hall–Kier alpha value is -1.57. The van der Waals surface area contributed by atoms with Crippen molar-refractivity contribution < 1.29 is 4.79 Å². The number of hydrogen-bond acceptors (Lipinski definition) is 1. The molecule has 0 unspecified atom stereocenters. The lowest BCUT2D eigenvalue weighted by Crippen LogP contribution is -2.22. The van der Waals surface area contributed by atoms with Crippen molar-refractivity contribution in [1.29, 1.82) is 0 Å². The number of carbonyl (C=O) groups excluding carboxylic acids is 1. The van der Waals surface area contributed by atoms with E-state index in [-0.39, 0.29) is 0 Å². The van der Waals surface area contributed by atoms with E-state index in [0.717, 1.165) is 12.8 Å². The zero-order valence-electron chi connectivity index (χ0n) is 10.6. The van der Waals surface area contributed by atoms with Crippen molar-refractivity contribution in [2.45, 2.75) is 38.6 Å². The molecule has 0 radical (unpaired) electrons. The van der Waals surface area contributed by atoms with Crippen LogP contribution in [0.15, 0.2) is 36.5 Å². The van der Waals surface area contributed by atoms with Crippen molar-refractivity contribution in [3.8, 4) is 0 Å². The number of hydrogen-bond donors (Lipinski definition) is 0. The van der Waals surface area contributed by atoms with Gasteiger partial charge in [-0.2, -0.15) is 0 Å². The normalized spacial score (nSPS) is 17.1. The summed E-state index contributed by atoms with van der Waals surface area (Å²) in [4.78, 5) is 12.3. The fraction of sp³-hybridized carbons (Fsp3) is 0.438. The van der Waals surface area contributed by atoms with E-state index >= 15 is 0 Å². The molecule has 2 nitrogen and oxygen atoms in total. The summed E-state index contributed by atoms with van der Waals surface area (Å²) >= 11 is 0. The molecule has 1 fully saturated rings. The lowest BCUT2D eigenvalue weighted by molar-refractivity contribution is -0.124. The van der Waals surface area contributed by atoms with Crippen molar-refractivity contribution in [1.82, 2.24) is 4.57 Å². The van der Waals surface area contributed by atoms with Crippen molar-refractivity contribution in [2.24, 2.45) is 5.92 Å². The minimum absolute atomic E-state index is 0.305. The van der Waals surface area contributed by atoms with Gasteiger partial charge in [0.1, 0.15) is 0 Å². The van der Waals surface area contributed by atoms with Crippen LogP contribution in [0.25, 0.3) is 10.9 Å². The number of ketones is 1. The van der Waals surface area contributed by atoms with E-state index in [2.05, 4.69) is 22.8 Å². The number of carbonyl (C=O) groups is 1. The molecule has 0 saturated heterocycles. The topological polar surface area (TPSA) is 22.0 Å². The van der Waals surface area contributed by atoms with E-state index in [9.17, 15) is 4.79 Å². The molecule has 2 aromatic rings. The Morgan fingerprint density at radius 2 is 1.89 bits per heavy atom. The number of aromatic nitrogens is 1. The molecular weight excluding hydrogens is 222 g/mol. The molecule has 1 saturated carbocycles. The van der Waals surface area contributed by atoms with Gasteiger partial charge in [0.25, 0.3) is 0 Å². The van der Waals surface area contributed by atoms with Gasteiger partial charge in [0.05, 0.1) is 6.54 Å². The van der Waals surface area contributed by atoms with Gasteiger partial charge in [-0.1, -0.05) is 37.5 Å². The van der Waals surface area contributed by atoms with Crippen LogP contribution in [0.5, 0.6) is 0 Å². The van der Waals surface area contributed by atoms with Gasteiger partial charge in [-0.15, -0.1) is 0 Å². The number of rotatable bonds is 3. The lowest BCUT2D eigenvalue weighted by atomic mass is 9.86. The van der Waals surface area contributed by atoms with Crippen LogP contribution in [0.2, 0.25) is 0 Å². The highest BCUT2D eigenvalue weighted by Gasteiger charge is 2.21. The molecule has 0 bridgehead atoms. The van der Waals surface area contributed by atoms with Gasteiger partial charge in [0.2, 0.25) is 0 Å². The maximum Gasteiger partial charge on any atom is 0.155 e. The van der Waals surface area contributed by atoms with Crippen LogP contribution in [0.4, 0.5) is 0 Å². The smallest absolute Gasteiger partial charge is 0.155 e. The van der Waals surface area contributed by atoms with Crippen LogP contribution >= 0.6 is 0 Å². The van der Waals surface area contributed by atoms with E-state index in [1.54, 1.807) is 0 Å². The minimum Gasteiger partial charge on any atom is -0.340 e. The molecule has 3 rings (SSSR count). The van der Waals surface area contributed by atoms with Crippen LogP contribution < -0.4 is 0 Å². The summed E-state index contributed by atoms with van der Waals surface area (Å²) in [7, 11) is 0. The molecule has 18 heavy (non-hydrogen) atoms.